The maximum atomic E-state index is 12.5. The molecule has 1 aromatic carbocycles. The van der Waals surface area contributed by atoms with Crippen LogP contribution in [0.25, 0.3) is 0 Å². The zero-order chi connectivity index (χ0) is 14.8. The molecule has 0 bridgehead atoms. The van der Waals surface area contributed by atoms with Gasteiger partial charge in [-0.3, -0.25) is 4.79 Å². The molecule has 1 saturated carbocycles. The van der Waals surface area contributed by atoms with Crippen LogP contribution in [0, 0.1) is 6.92 Å². The van der Waals surface area contributed by atoms with Crippen molar-refractivity contribution in [2.75, 3.05) is 0 Å². The zero-order valence-corrected chi connectivity index (χ0v) is 13.9. The van der Waals surface area contributed by atoms with Gasteiger partial charge in [0, 0.05) is 10.0 Å². The highest BCUT2D eigenvalue weighted by Crippen LogP contribution is 2.29. The third-order valence-electron chi connectivity index (χ3n) is 4.04. The summed E-state index contributed by atoms with van der Waals surface area (Å²) in [6.45, 7) is 1.92. The van der Waals surface area contributed by atoms with Gasteiger partial charge in [-0.25, -0.2) is 0 Å². The van der Waals surface area contributed by atoms with Gasteiger partial charge >= 0.3 is 0 Å². The molecule has 5 heteroatoms. The van der Waals surface area contributed by atoms with Crippen LogP contribution in [0.4, 0.5) is 0 Å². The summed E-state index contributed by atoms with van der Waals surface area (Å²) in [6.07, 6.45) is 4.95. The number of amides is 1. The molecule has 1 aliphatic rings. The van der Waals surface area contributed by atoms with Crippen LogP contribution < -0.4 is 11.1 Å². The topological polar surface area (TPSA) is 55.1 Å². The van der Waals surface area contributed by atoms with Crippen molar-refractivity contribution in [3.8, 4) is 0 Å². The van der Waals surface area contributed by atoms with E-state index in [1.54, 1.807) is 0 Å². The number of thiocarbonyl (C=S) groups is 1. The van der Waals surface area contributed by atoms with E-state index >= 15 is 0 Å². The average Bonchev–Trinajstić information content (AvgIpc) is 2.42. The highest BCUT2D eigenvalue weighted by atomic mass is 79.9. The van der Waals surface area contributed by atoms with Crippen LogP contribution in [-0.2, 0) is 0 Å². The van der Waals surface area contributed by atoms with E-state index < -0.39 is 5.54 Å². The second-order valence-electron chi connectivity index (χ2n) is 5.37. The van der Waals surface area contributed by atoms with E-state index in [1.165, 1.54) is 6.42 Å². The third-order valence-corrected chi connectivity index (χ3v) is 5.29. The molecule has 1 aliphatic carbocycles. The highest BCUT2D eigenvalue weighted by Gasteiger charge is 2.36. The molecule has 0 aromatic heterocycles. The van der Waals surface area contributed by atoms with Crippen LogP contribution in [0.3, 0.4) is 0 Å². The molecular weight excluding hydrogens is 336 g/mol. The number of hydrogen-bond acceptors (Lipinski definition) is 2. The molecule has 0 saturated heterocycles. The van der Waals surface area contributed by atoms with Crippen LogP contribution in [0.5, 0.6) is 0 Å². The first-order valence-electron chi connectivity index (χ1n) is 6.84. The van der Waals surface area contributed by atoms with Gasteiger partial charge in [-0.2, -0.15) is 0 Å². The minimum absolute atomic E-state index is 0.0986. The van der Waals surface area contributed by atoms with E-state index in [4.69, 9.17) is 18.0 Å². The van der Waals surface area contributed by atoms with E-state index in [2.05, 4.69) is 21.2 Å². The lowest BCUT2D eigenvalue weighted by Crippen LogP contribution is -2.57. The monoisotopic (exact) mass is 354 g/mol. The summed E-state index contributed by atoms with van der Waals surface area (Å²) in [5.74, 6) is -0.0986. The summed E-state index contributed by atoms with van der Waals surface area (Å²) in [4.78, 5) is 12.9. The lowest BCUT2D eigenvalue weighted by molar-refractivity contribution is 0.0907. The smallest absolute Gasteiger partial charge is 0.252 e. The molecule has 0 radical (unpaired) electrons. The van der Waals surface area contributed by atoms with E-state index in [0.717, 1.165) is 35.7 Å². The summed E-state index contributed by atoms with van der Waals surface area (Å²) in [5.41, 5.74) is 6.99. The second-order valence-corrected chi connectivity index (χ2v) is 6.67. The molecular formula is C15H19BrN2OS. The molecule has 1 aromatic rings. The Bertz CT molecular complexity index is 539. The summed E-state index contributed by atoms with van der Waals surface area (Å²) >= 11 is 8.66. The first-order valence-corrected chi connectivity index (χ1v) is 8.04. The van der Waals surface area contributed by atoms with Crippen molar-refractivity contribution in [3.05, 3.63) is 33.8 Å². The van der Waals surface area contributed by atoms with Crippen molar-refractivity contribution in [2.45, 2.75) is 44.6 Å². The average molecular weight is 355 g/mol. The largest absolute Gasteiger partial charge is 0.391 e. The summed E-state index contributed by atoms with van der Waals surface area (Å²) in [6, 6.07) is 5.61. The molecule has 1 amide bonds. The van der Waals surface area contributed by atoms with Crippen molar-refractivity contribution in [1.29, 1.82) is 0 Å². The summed E-state index contributed by atoms with van der Waals surface area (Å²) in [7, 11) is 0. The van der Waals surface area contributed by atoms with Gasteiger partial charge in [-0.1, -0.05) is 53.5 Å². The second kappa shape index (κ2) is 6.22. The number of carbonyl (C=O) groups excluding carboxylic acids is 1. The fraction of sp³-hybridized carbons (Fsp3) is 0.467. The number of nitrogens with one attached hydrogen (secondary N) is 1. The molecule has 0 unspecified atom stereocenters. The van der Waals surface area contributed by atoms with E-state index in [1.807, 2.05) is 25.1 Å². The van der Waals surface area contributed by atoms with Crippen LogP contribution in [0.1, 0.15) is 48.0 Å². The number of hydrogen-bond donors (Lipinski definition) is 2. The highest BCUT2D eigenvalue weighted by molar-refractivity contribution is 9.10. The van der Waals surface area contributed by atoms with Crippen LogP contribution >= 0.6 is 28.1 Å². The molecule has 0 atom stereocenters. The minimum atomic E-state index is -0.514. The van der Waals surface area contributed by atoms with Gasteiger partial charge in [0.25, 0.3) is 5.91 Å². The van der Waals surface area contributed by atoms with E-state index in [0.29, 0.717) is 10.6 Å². The Morgan fingerprint density at radius 1 is 1.35 bits per heavy atom. The normalized spacial score (nSPS) is 17.5. The van der Waals surface area contributed by atoms with Gasteiger partial charge in [-0.05, 0) is 37.5 Å². The maximum Gasteiger partial charge on any atom is 0.252 e. The Morgan fingerprint density at radius 3 is 2.60 bits per heavy atom. The number of halogens is 1. The summed E-state index contributed by atoms with van der Waals surface area (Å²) < 4.78 is 0.929. The van der Waals surface area contributed by atoms with Gasteiger partial charge in [0.2, 0.25) is 0 Å². The van der Waals surface area contributed by atoms with Gasteiger partial charge in [0.05, 0.1) is 10.5 Å². The van der Waals surface area contributed by atoms with Crippen LogP contribution in [-0.4, -0.2) is 16.4 Å². The van der Waals surface area contributed by atoms with Crippen molar-refractivity contribution in [2.24, 2.45) is 5.73 Å². The Hall–Kier alpha value is -0.940. The Labute approximate surface area is 133 Å². The van der Waals surface area contributed by atoms with Crippen LogP contribution in [0.15, 0.2) is 22.7 Å². The first kappa shape index (κ1) is 15.4. The molecule has 3 nitrogen and oxygen atoms in total. The molecule has 1 fully saturated rings. The number of rotatable bonds is 3. The number of benzene rings is 1. The quantitative estimate of drug-likeness (QED) is 0.817. The van der Waals surface area contributed by atoms with Gasteiger partial charge in [-0.15, -0.1) is 0 Å². The van der Waals surface area contributed by atoms with E-state index in [-0.39, 0.29) is 5.91 Å². The molecule has 3 N–H and O–H groups in total. The third kappa shape index (κ3) is 3.04. The lowest BCUT2D eigenvalue weighted by atomic mass is 9.81. The summed E-state index contributed by atoms with van der Waals surface area (Å²) in [5, 5.41) is 3.09. The molecule has 20 heavy (non-hydrogen) atoms. The zero-order valence-electron chi connectivity index (χ0n) is 11.5. The fourth-order valence-electron chi connectivity index (χ4n) is 2.73. The van der Waals surface area contributed by atoms with E-state index in [9.17, 15) is 4.79 Å². The fourth-order valence-corrected chi connectivity index (χ4v) is 3.35. The first-order chi connectivity index (χ1) is 9.46. The maximum absolute atomic E-state index is 12.5. The van der Waals surface area contributed by atoms with Crippen molar-refractivity contribution < 1.29 is 4.79 Å². The Morgan fingerprint density at radius 2 is 2.00 bits per heavy atom. The van der Waals surface area contributed by atoms with Crippen molar-refractivity contribution in [1.82, 2.24) is 5.32 Å². The van der Waals surface area contributed by atoms with Crippen molar-refractivity contribution in [3.63, 3.8) is 0 Å². The minimum Gasteiger partial charge on any atom is -0.391 e. The Kier molecular flexibility index (Phi) is 4.81. The van der Waals surface area contributed by atoms with Crippen molar-refractivity contribution >= 4 is 39.0 Å². The number of carbonyl (C=O) groups is 1. The molecule has 108 valence electrons. The van der Waals surface area contributed by atoms with Crippen LogP contribution in [0.2, 0.25) is 0 Å². The predicted molar refractivity (Wildman–Crippen MR) is 88.9 cm³/mol. The molecule has 2 rings (SSSR count). The standard InChI is InChI=1S/C15H19BrN2OS/c1-10-11(6-5-7-12(10)16)13(19)18-15(14(17)20)8-3-2-4-9-15/h5-7H,2-4,8-9H2,1H3,(H2,17,20)(H,18,19). The molecule has 0 aliphatic heterocycles. The molecule has 0 heterocycles. The lowest BCUT2D eigenvalue weighted by Gasteiger charge is -2.37. The predicted octanol–water partition coefficient (Wildman–Crippen LogP) is 3.48. The SMILES string of the molecule is Cc1c(Br)cccc1C(=O)NC1(C(N)=S)CCCCC1. The Balaban J connectivity index is 2.25. The molecule has 0 spiro atoms. The van der Waals surface area contributed by atoms with Gasteiger partial charge < -0.3 is 11.1 Å². The van der Waals surface area contributed by atoms with Gasteiger partial charge in [0.15, 0.2) is 0 Å². The number of nitrogens with two attached hydrogens (primary N) is 1. The van der Waals surface area contributed by atoms with Gasteiger partial charge in [0.1, 0.15) is 0 Å².